The summed E-state index contributed by atoms with van der Waals surface area (Å²) >= 11 is 2.37. The first-order valence-corrected chi connectivity index (χ1v) is 10.7. The third-order valence-corrected chi connectivity index (χ3v) is 6.50. The highest BCUT2D eigenvalue weighted by molar-refractivity contribution is 14.1. The Hall–Kier alpha value is -2.48. The maximum Gasteiger partial charge on any atom is 0.338 e. The molecule has 0 spiro atoms. The Balaban J connectivity index is 1.62. The highest BCUT2D eigenvalue weighted by Crippen LogP contribution is 2.40. The summed E-state index contributed by atoms with van der Waals surface area (Å²) in [7, 11) is 0. The number of nitro benzene ring substituents is 1. The normalized spacial score (nSPS) is 19.1. The summed E-state index contributed by atoms with van der Waals surface area (Å²) in [5.41, 5.74) is 1.56. The number of ether oxygens (including phenoxy) is 1. The van der Waals surface area contributed by atoms with E-state index in [1.54, 1.807) is 0 Å². The number of halogens is 1. The van der Waals surface area contributed by atoms with E-state index in [0.717, 1.165) is 25.7 Å². The Bertz CT molecular complexity index is 1060. The summed E-state index contributed by atoms with van der Waals surface area (Å²) in [4.78, 5) is 23.1. The molecule has 3 aromatic carbocycles. The number of carbonyl (C=O) groups is 1. The van der Waals surface area contributed by atoms with E-state index < -0.39 is 10.9 Å². The average Bonchev–Trinajstić information content (AvgIpc) is 2.74. The first-order chi connectivity index (χ1) is 14.0. The fraction of sp³-hybridized carbons (Fsp3) is 0.261. The zero-order chi connectivity index (χ0) is 20.4. The Morgan fingerprint density at radius 2 is 1.72 bits per heavy atom. The average molecular weight is 501 g/mol. The predicted molar refractivity (Wildman–Crippen MR) is 120 cm³/mol. The van der Waals surface area contributed by atoms with E-state index in [1.807, 2.05) is 12.1 Å². The molecule has 3 aromatic rings. The number of hydrogen-bond donors (Lipinski definition) is 0. The summed E-state index contributed by atoms with van der Waals surface area (Å²) in [6.07, 6.45) is 3.72. The zero-order valence-corrected chi connectivity index (χ0v) is 17.9. The van der Waals surface area contributed by atoms with Crippen molar-refractivity contribution in [2.24, 2.45) is 0 Å². The lowest BCUT2D eigenvalue weighted by Gasteiger charge is -2.33. The van der Waals surface area contributed by atoms with Crippen molar-refractivity contribution in [1.82, 2.24) is 0 Å². The van der Waals surface area contributed by atoms with Crippen molar-refractivity contribution in [2.45, 2.75) is 37.7 Å². The Morgan fingerprint density at radius 1 is 1.00 bits per heavy atom. The first kappa shape index (κ1) is 19.8. The molecular weight excluding hydrogens is 481 g/mol. The minimum absolute atomic E-state index is 0.0394. The highest BCUT2D eigenvalue weighted by Gasteiger charge is 2.32. The molecule has 6 heteroatoms. The molecule has 4 rings (SSSR count). The minimum Gasteiger partial charge on any atom is -0.458 e. The van der Waals surface area contributed by atoms with Crippen LogP contribution in [0.2, 0.25) is 0 Å². The van der Waals surface area contributed by atoms with Crippen LogP contribution in [0, 0.1) is 13.7 Å². The zero-order valence-electron chi connectivity index (χ0n) is 15.7. The molecule has 148 valence electrons. The van der Waals surface area contributed by atoms with Gasteiger partial charge < -0.3 is 4.74 Å². The standard InChI is InChI=1S/C23H20INO4/c24-20-14-11-15-5-1-2-6-18(15)22(20)19-7-3-4-8-21(19)29-23(26)16-9-12-17(13-10-16)25(27)28/h1-2,5-6,9-14,19,21H,3-4,7-8H2/t19-,21+/m1/s1. The van der Waals surface area contributed by atoms with Gasteiger partial charge in [-0.2, -0.15) is 0 Å². The summed E-state index contributed by atoms with van der Waals surface area (Å²) in [6.45, 7) is 0. The lowest BCUT2D eigenvalue weighted by atomic mass is 9.80. The van der Waals surface area contributed by atoms with E-state index in [2.05, 4.69) is 46.9 Å². The van der Waals surface area contributed by atoms with Gasteiger partial charge in [-0.05, 0) is 76.4 Å². The molecule has 0 heterocycles. The Labute approximate surface area is 182 Å². The smallest absolute Gasteiger partial charge is 0.338 e. The number of esters is 1. The van der Waals surface area contributed by atoms with Gasteiger partial charge >= 0.3 is 5.97 Å². The Kier molecular flexibility index (Phi) is 5.80. The van der Waals surface area contributed by atoms with E-state index in [-0.39, 0.29) is 17.7 Å². The number of nitrogens with zero attached hydrogens (tertiary/aromatic N) is 1. The van der Waals surface area contributed by atoms with Crippen LogP contribution in [0.3, 0.4) is 0 Å². The number of carbonyl (C=O) groups excluding carboxylic acids is 1. The number of benzene rings is 3. The van der Waals surface area contributed by atoms with Crippen LogP contribution in [0.4, 0.5) is 5.69 Å². The van der Waals surface area contributed by atoms with Crippen LogP contribution < -0.4 is 0 Å². The van der Waals surface area contributed by atoms with Crippen LogP contribution in [0.15, 0.2) is 60.7 Å². The third-order valence-electron chi connectivity index (χ3n) is 5.56. The molecule has 0 aromatic heterocycles. The van der Waals surface area contributed by atoms with Gasteiger partial charge in [0.05, 0.1) is 10.5 Å². The predicted octanol–water partition coefficient (Wildman–Crippen LogP) is 6.24. The first-order valence-electron chi connectivity index (χ1n) is 9.67. The molecule has 1 aliphatic carbocycles. The van der Waals surface area contributed by atoms with Crippen molar-refractivity contribution in [1.29, 1.82) is 0 Å². The van der Waals surface area contributed by atoms with E-state index >= 15 is 0 Å². The maximum atomic E-state index is 12.7. The van der Waals surface area contributed by atoms with Crippen LogP contribution in [-0.4, -0.2) is 17.0 Å². The van der Waals surface area contributed by atoms with Gasteiger partial charge in [0.1, 0.15) is 6.10 Å². The molecule has 5 nitrogen and oxygen atoms in total. The molecular formula is C23H20INO4. The number of rotatable bonds is 4. The van der Waals surface area contributed by atoms with E-state index in [1.165, 1.54) is 44.2 Å². The lowest BCUT2D eigenvalue weighted by Crippen LogP contribution is -2.29. The van der Waals surface area contributed by atoms with Gasteiger partial charge in [-0.15, -0.1) is 0 Å². The quantitative estimate of drug-likeness (QED) is 0.184. The topological polar surface area (TPSA) is 69.4 Å². The van der Waals surface area contributed by atoms with Crippen LogP contribution in [0.1, 0.15) is 47.5 Å². The van der Waals surface area contributed by atoms with Gasteiger partial charge in [0.25, 0.3) is 5.69 Å². The van der Waals surface area contributed by atoms with Crippen LogP contribution in [-0.2, 0) is 4.74 Å². The molecule has 0 radical (unpaired) electrons. The molecule has 0 bridgehead atoms. The molecule has 1 saturated carbocycles. The van der Waals surface area contributed by atoms with Crippen molar-refractivity contribution in [3.05, 3.63) is 85.5 Å². The summed E-state index contributed by atoms with van der Waals surface area (Å²) < 4.78 is 7.12. The van der Waals surface area contributed by atoms with Gasteiger partial charge in [-0.1, -0.05) is 36.8 Å². The minimum atomic E-state index is -0.477. The second-order valence-electron chi connectivity index (χ2n) is 7.32. The van der Waals surface area contributed by atoms with E-state index in [0.29, 0.717) is 5.56 Å². The fourth-order valence-corrected chi connectivity index (χ4v) is 5.01. The molecule has 0 unspecified atom stereocenters. The van der Waals surface area contributed by atoms with Gasteiger partial charge in [0.2, 0.25) is 0 Å². The number of hydrogen-bond acceptors (Lipinski definition) is 4. The molecule has 0 N–H and O–H groups in total. The van der Waals surface area contributed by atoms with Crippen molar-refractivity contribution < 1.29 is 14.5 Å². The molecule has 0 amide bonds. The summed E-state index contributed by atoms with van der Waals surface area (Å²) in [5, 5.41) is 13.2. The van der Waals surface area contributed by atoms with Crippen molar-refractivity contribution in [2.75, 3.05) is 0 Å². The van der Waals surface area contributed by atoms with Crippen molar-refractivity contribution in [3.8, 4) is 0 Å². The van der Waals surface area contributed by atoms with Crippen LogP contribution in [0.25, 0.3) is 10.8 Å². The summed E-state index contributed by atoms with van der Waals surface area (Å²) in [6, 6.07) is 18.2. The van der Waals surface area contributed by atoms with E-state index in [4.69, 9.17) is 4.74 Å². The molecule has 2 atom stereocenters. The second-order valence-corrected chi connectivity index (χ2v) is 8.48. The van der Waals surface area contributed by atoms with Crippen molar-refractivity contribution in [3.63, 3.8) is 0 Å². The number of nitro groups is 1. The largest absolute Gasteiger partial charge is 0.458 e. The second kappa shape index (κ2) is 8.49. The maximum absolute atomic E-state index is 12.7. The van der Waals surface area contributed by atoms with E-state index in [9.17, 15) is 14.9 Å². The van der Waals surface area contributed by atoms with Gasteiger partial charge in [-0.25, -0.2) is 4.79 Å². The third kappa shape index (κ3) is 4.12. The molecule has 29 heavy (non-hydrogen) atoms. The van der Waals surface area contributed by atoms with Gasteiger partial charge in [0.15, 0.2) is 0 Å². The Morgan fingerprint density at radius 3 is 2.48 bits per heavy atom. The number of fused-ring (bicyclic) bond motifs is 1. The van der Waals surface area contributed by atoms with Gasteiger partial charge in [0, 0.05) is 21.6 Å². The molecule has 0 saturated heterocycles. The van der Waals surface area contributed by atoms with Crippen LogP contribution >= 0.6 is 22.6 Å². The molecule has 1 aliphatic rings. The van der Waals surface area contributed by atoms with Crippen molar-refractivity contribution >= 4 is 45.0 Å². The number of non-ortho nitro benzene ring substituents is 1. The molecule has 0 aliphatic heterocycles. The summed E-state index contributed by atoms with van der Waals surface area (Å²) in [5.74, 6) is -0.282. The monoisotopic (exact) mass is 501 g/mol. The fourth-order valence-electron chi connectivity index (χ4n) is 4.14. The highest BCUT2D eigenvalue weighted by atomic mass is 127. The van der Waals surface area contributed by atoms with Gasteiger partial charge in [-0.3, -0.25) is 10.1 Å². The lowest BCUT2D eigenvalue weighted by molar-refractivity contribution is -0.384. The molecule has 1 fully saturated rings. The van der Waals surface area contributed by atoms with Crippen LogP contribution in [0.5, 0.6) is 0 Å². The SMILES string of the molecule is O=C(O[C@H]1CCCC[C@H]1c1c(I)ccc2ccccc12)c1ccc([N+](=O)[O-])cc1.